The first-order valence-electron chi connectivity index (χ1n) is 9.35. The highest BCUT2D eigenvalue weighted by molar-refractivity contribution is 5.79. The summed E-state index contributed by atoms with van der Waals surface area (Å²) >= 11 is 0. The molecule has 1 unspecified atom stereocenters. The van der Waals surface area contributed by atoms with Crippen molar-refractivity contribution in [2.45, 2.75) is 45.4 Å². The maximum absolute atomic E-state index is 5.92. The number of hydrogen-bond donors (Lipinski definition) is 2. The van der Waals surface area contributed by atoms with Crippen molar-refractivity contribution < 1.29 is 9.47 Å². The van der Waals surface area contributed by atoms with Gasteiger partial charge in [-0.15, -0.1) is 10.2 Å². The molecule has 1 aromatic carbocycles. The topological polar surface area (TPSA) is 85.6 Å². The molecule has 0 aliphatic carbocycles. The molecule has 0 saturated heterocycles. The highest BCUT2D eigenvalue weighted by atomic mass is 16.5. The summed E-state index contributed by atoms with van der Waals surface area (Å²) in [5.74, 6) is 4.31. The smallest absolute Gasteiger partial charge is 0.191 e. The van der Waals surface area contributed by atoms with Crippen LogP contribution < -0.4 is 20.1 Å². The molecule has 2 aromatic rings. The third-order valence-corrected chi connectivity index (χ3v) is 4.51. The zero-order chi connectivity index (χ0) is 19.1. The number of rotatable bonds is 7. The van der Waals surface area contributed by atoms with Crippen LogP contribution in [0.25, 0.3) is 0 Å². The van der Waals surface area contributed by atoms with E-state index in [1.807, 2.05) is 31.2 Å². The van der Waals surface area contributed by atoms with Gasteiger partial charge in [-0.05, 0) is 31.9 Å². The summed E-state index contributed by atoms with van der Waals surface area (Å²) in [5, 5.41) is 15.2. The zero-order valence-corrected chi connectivity index (χ0v) is 16.2. The Labute approximate surface area is 160 Å². The Morgan fingerprint density at radius 3 is 2.93 bits per heavy atom. The number of aliphatic imine (C=N–C) groups is 1. The normalized spacial score (nSPS) is 15.0. The third-order valence-electron chi connectivity index (χ3n) is 4.51. The first-order chi connectivity index (χ1) is 13.2. The molecule has 2 N–H and O–H groups in total. The van der Waals surface area contributed by atoms with Crippen LogP contribution in [0.4, 0.5) is 0 Å². The Bertz CT molecular complexity index is 773. The number of ether oxygens (including phenoxy) is 2. The Kier molecular flexibility index (Phi) is 6.51. The fourth-order valence-corrected chi connectivity index (χ4v) is 3.07. The van der Waals surface area contributed by atoms with Crippen molar-refractivity contribution in [3.63, 3.8) is 0 Å². The highest BCUT2D eigenvalue weighted by Gasteiger charge is 2.15. The van der Waals surface area contributed by atoms with Crippen LogP contribution in [-0.4, -0.2) is 47.5 Å². The molecular formula is C19H28N6O2. The van der Waals surface area contributed by atoms with Gasteiger partial charge in [0.1, 0.15) is 23.4 Å². The van der Waals surface area contributed by atoms with Gasteiger partial charge in [-0.1, -0.05) is 6.07 Å². The first-order valence-corrected chi connectivity index (χ1v) is 9.35. The average Bonchev–Trinajstić information content (AvgIpc) is 3.11. The molecule has 1 aromatic heterocycles. The Morgan fingerprint density at radius 2 is 2.11 bits per heavy atom. The number of fused-ring (bicyclic) bond motifs is 1. The molecule has 2 heterocycles. The number of methoxy groups -OCH3 is 1. The molecule has 0 saturated carbocycles. The van der Waals surface area contributed by atoms with Crippen molar-refractivity contribution in [2.75, 3.05) is 20.7 Å². The van der Waals surface area contributed by atoms with Crippen molar-refractivity contribution >= 4 is 5.96 Å². The fraction of sp³-hybridized carbons (Fsp3) is 0.526. The molecule has 1 atom stereocenters. The highest BCUT2D eigenvalue weighted by Crippen LogP contribution is 2.19. The molecule has 146 valence electrons. The standard InChI is InChI=1S/C19H28N6O2/c1-14(27-16-8-6-7-15(11-16)26-3)12-21-19(20-2)22-13-18-24-23-17-9-4-5-10-25(17)18/h6-8,11,14H,4-5,9-10,12-13H2,1-3H3,(H2,20,21,22). The average molecular weight is 372 g/mol. The molecule has 1 aliphatic rings. The van der Waals surface area contributed by atoms with Gasteiger partial charge in [-0.2, -0.15) is 0 Å². The van der Waals surface area contributed by atoms with Crippen molar-refractivity contribution in [1.82, 2.24) is 25.4 Å². The van der Waals surface area contributed by atoms with E-state index >= 15 is 0 Å². The van der Waals surface area contributed by atoms with E-state index in [1.165, 1.54) is 12.8 Å². The van der Waals surface area contributed by atoms with E-state index in [1.54, 1.807) is 14.2 Å². The summed E-state index contributed by atoms with van der Waals surface area (Å²) < 4.78 is 13.4. The van der Waals surface area contributed by atoms with Gasteiger partial charge in [0.25, 0.3) is 0 Å². The Balaban J connectivity index is 1.46. The second-order valence-electron chi connectivity index (χ2n) is 6.56. The third kappa shape index (κ3) is 5.12. The maximum atomic E-state index is 5.92. The van der Waals surface area contributed by atoms with Crippen LogP contribution >= 0.6 is 0 Å². The zero-order valence-electron chi connectivity index (χ0n) is 16.2. The lowest BCUT2D eigenvalue weighted by atomic mass is 10.2. The summed E-state index contributed by atoms with van der Waals surface area (Å²) in [7, 11) is 3.40. The lowest BCUT2D eigenvalue weighted by Gasteiger charge is -2.18. The molecule has 0 fully saturated rings. The SMILES string of the molecule is CN=C(NCc1nnc2n1CCCC2)NCC(C)Oc1cccc(OC)c1. The summed E-state index contributed by atoms with van der Waals surface area (Å²) in [6, 6.07) is 7.59. The molecule has 0 bridgehead atoms. The van der Waals surface area contributed by atoms with E-state index in [0.29, 0.717) is 19.0 Å². The van der Waals surface area contributed by atoms with Gasteiger partial charge < -0.3 is 24.7 Å². The predicted molar refractivity (Wildman–Crippen MR) is 104 cm³/mol. The quantitative estimate of drug-likeness (QED) is 0.569. The van der Waals surface area contributed by atoms with Crippen molar-refractivity contribution in [2.24, 2.45) is 4.99 Å². The number of aryl methyl sites for hydroxylation is 1. The van der Waals surface area contributed by atoms with Gasteiger partial charge in [-0.25, -0.2) is 0 Å². The van der Waals surface area contributed by atoms with Gasteiger partial charge in [0.05, 0.1) is 20.2 Å². The van der Waals surface area contributed by atoms with Gasteiger partial charge in [0.15, 0.2) is 11.8 Å². The lowest BCUT2D eigenvalue weighted by Crippen LogP contribution is -2.41. The minimum absolute atomic E-state index is 0.0310. The molecule has 0 amide bonds. The van der Waals surface area contributed by atoms with E-state index in [-0.39, 0.29) is 6.10 Å². The number of hydrogen-bond acceptors (Lipinski definition) is 5. The van der Waals surface area contributed by atoms with Crippen LogP contribution in [0, 0.1) is 0 Å². The number of guanidine groups is 1. The molecule has 8 heteroatoms. The second kappa shape index (κ2) is 9.25. The predicted octanol–water partition coefficient (Wildman–Crippen LogP) is 1.76. The number of benzene rings is 1. The van der Waals surface area contributed by atoms with E-state index in [0.717, 1.165) is 36.1 Å². The number of aromatic nitrogens is 3. The molecular weight excluding hydrogens is 344 g/mol. The van der Waals surface area contributed by atoms with Crippen molar-refractivity contribution in [1.29, 1.82) is 0 Å². The van der Waals surface area contributed by atoms with E-state index in [2.05, 4.69) is 30.4 Å². The van der Waals surface area contributed by atoms with E-state index < -0.39 is 0 Å². The van der Waals surface area contributed by atoms with Crippen LogP contribution in [0.5, 0.6) is 11.5 Å². The van der Waals surface area contributed by atoms with Gasteiger partial charge >= 0.3 is 0 Å². The van der Waals surface area contributed by atoms with Crippen LogP contribution in [-0.2, 0) is 19.5 Å². The second-order valence-corrected chi connectivity index (χ2v) is 6.56. The Morgan fingerprint density at radius 1 is 1.26 bits per heavy atom. The van der Waals surface area contributed by atoms with Crippen molar-refractivity contribution in [3.05, 3.63) is 35.9 Å². The molecule has 27 heavy (non-hydrogen) atoms. The molecule has 8 nitrogen and oxygen atoms in total. The maximum Gasteiger partial charge on any atom is 0.191 e. The lowest BCUT2D eigenvalue weighted by molar-refractivity contribution is 0.223. The first kappa shape index (κ1) is 19.0. The monoisotopic (exact) mass is 372 g/mol. The minimum Gasteiger partial charge on any atom is -0.497 e. The van der Waals surface area contributed by atoms with Crippen LogP contribution in [0.1, 0.15) is 31.4 Å². The van der Waals surface area contributed by atoms with Gasteiger partial charge in [0, 0.05) is 26.1 Å². The van der Waals surface area contributed by atoms with Crippen LogP contribution in [0.3, 0.4) is 0 Å². The summed E-state index contributed by atoms with van der Waals surface area (Å²) in [6.07, 6.45) is 3.36. The molecule has 0 spiro atoms. The van der Waals surface area contributed by atoms with E-state index in [9.17, 15) is 0 Å². The Hall–Kier alpha value is -2.77. The van der Waals surface area contributed by atoms with Crippen LogP contribution in [0.15, 0.2) is 29.3 Å². The van der Waals surface area contributed by atoms with E-state index in [4.69, 9.17) is 9.47 Å². The van der Waals surface area contributed by atoms with Crippen LogP contribution in [0.2, 0.25) is 0 Å². The van der Waals surface area contributed by atoms with Crippen molar-refractivity contribution in [3.8, 4) is 11.5 Å². The largest absolute Gasteiger partial charge is 0.497 e. The summed E-state index contributed by atoms with van der Waals surface area (Å²) in [5.41, 5.74) is 0. The molecule has 1 aliphatic heterocycles. The fourth-order valence-electron chi connectivity index (χ4n) is 3.07. The summed E-state index contributed by atoms with van der Waals surface area (Å²) in [6.45, 7) is 4.22. The number of nitrogens with one attached hydrogen (secondary N) is 2. The number of nitrogens with zero attached hydrogens (tertiary/aromatic N) is 4. The van der Waals surface area contributed by atoms with Gasteiger partial charge in [0.2, 0.25) is 0 Å². The molecule has 3 rings (SSSR count). The van der Waals surface area contributed by atoms with Gasteiger partial charge in [-0.3, -0.25) is 4.99 Å². The summed E-state index contributed by atoms with van der Waals surface area (Å²) in [4.78, 5) is 4.27. The molecule has 0 radical (unpaired) electrons. The minimum atomic E-state index is -0.0310.